The average Bonchev–Trinajstić information content (AvgIpc) is 3.44. The third kappa shape index (κ3) is 5.33. The molecular formula is C22H24N8O2S. The fourth-order valence-electron chi connectivity index (χ4n) is 3.53. The summed E-state index contributed by atoms with van der Waals surface area (Å²) >= 11 is 1.52. The number of aryl methyl sites for hydroxylation is 1. The van der Waals surface area contributed by atoms with Crippen LogP contribution in [0, 0.1) is 6.92 Å². The van der Waals surface area contributed by atoms with E-state index in [9.17, 15) is 4.79 Å². The van der Waals surface area contributed by atoms with Gasteiger partial charge in [0.2, 0.25) is 11.9 Å². The molecule has 1 aliphatic rings. The van der Waals surface area contributed by atoms with Crippen molar-refractivity contribution in [3.8, 4) is 0 Å². The van der Waals surface area contributed by atoms with E-state index >= 15 is 0 Å². The van der Waals surface area contributed by atoms with Crippen molar-refractivity contribution in [2.75, 3.05) is 43.5 Å². The Morgan fingerprint density at radius 2 is 2.03 bits per heavy atom. The highest BCUT2D eigenvalue weighted by atomic mass is 32.2. The number of hydrogen-bond donors (Lipinski definition) is 3. The van der Waals surface area contributed by atoms with E-state index in [1.165, 1.54) is 11.8 Å². The summed E-state index contributed by atoms with van der Waals surface area (Å²) in [5.74, 6) is 1.30. The van der Waals surface area contributed by atoms with Crippen molar-refractivity contribution in [1.82, 2.24) is 29.5 Å². The number of ether oxygens (including phenoxy) is 1. The molecule has 5 rings (SSSR count). The zero-order valence-electron chi connectivity index (χ0n) is 18.1. The Balaban J connectivity index is 1.26. The molecule has 1 fully saturated rings. The lowest BCUT2D eigenvalue weighted by atomic mass is 10.3. The molecule has 170 valence electrons. The number of carbonyl (C=O) groups excluding carboxylic acids is 1. The zero-order valence-corrected chi connectivity index (χ0v) is 18.9. The molecule has 1 aliphatic heterocycles. The van der Waals surface area contributed by atoms with Crippen LogP contribution in [0.15, 0.2) is 58.7 Å². The maximum absolute atomic E-state index is 12.3. The monoisotopic (exact) mass is 464 g/mol. The highest BCUT2D eigenvalue weighted by Gasteiger charge is 2.14. The predicted molar refractivity (Wildman–Crippen MR) is 126 cm³/mol. The number of amides is 1. The summed E-state index contributed by atoms with van der Waals surface area (Å²) in [6.07, 6.45) is 3.59. The van der Waals surface area contributed by atoms with Gasteiger partial charge in [-0.3, -0.25) is 19.2 Å². The van der Waals surface area contributed by atoms with E-state index in [0.29, 0.717) is 31.5 Å². The van der Waals surface area contributed by atoms with E-state index < -0.39 is 0 Å². The quantitative estimate of drug-likeness (QED) is 0.358. The minimum Gasteiger partial charge on any atom is -0.379 e. The molecule has 1 aromatic carbocycles. The number of rotatable bonds is 7. The van der Waals surface area contributed by atoms with E-state index in [1.807, 2.05) is 53.9 Å². The van der Waals surface area contributed by atoms with Gasteiger partial charge in [-0.2, -0.15) is 5.10 Å². The highest BCUT2D eigenvalue weighted by Crippen LogP contribution is 2.29. The Kier molecular flexibility index (Phi) is 6.24. The van der Waals surface area contributed by atoms with Crippen molar-refractivity contribution in [3.63, 3.8) is 0 Å². The first-order valence-electron chi connectivity index (χ1n) is 10.6. The second-order valence-electron chi connectivity index (χ2n) is 7.70. The van der Waals surface area contributed by atoms with Crippen LogP contribution < -0.4 is 10.6 Å². The molecule has 0 spiro atoms. The summed E-state index contributed by atoms with van der Waals surface area (Å²) in [7, 11) is 0. The molecule has 0 atom stereocenters. The molecule has 0 unspecified atom stereocenters. The molecule has 0 saturated carbocycles. The largest absolute Gasteiger partial charge is 0.379 e. The van der Waals surface area contributed by atoms with Gasteiger partial charge in [-0.25, -0.2) is 9.97 Å². The molecule has 4 heterocycles. The Hall–Kier alpha value is -3.41. The molecule has 3 N–H and O–H groups in total. The maximum atomic E-state index is 12.3. The Labute approximate surface area is 194 Å². The molecule has 0 bridgehead atoms. The fourth-order valence-corrected chi connectivity index (χ4v) is 4.34. The van der Waals surface area contributed by atoms with Gasteiger partial charge in [0.25, 0.3) is 0 Å². The second-order valence-corrected chi connectivity index (χ2v) is 8.79. The molecular weight excluding hydrogens is 440 g/mol. The summed E-state index contributed by atoms with van der Waals surface area (Å²) in [5.41, 5.74) is 2.52. The predicted octanol–water partition coefficient (Wildman–Crippen LogP) is 2.93. The number of nitrogens with one attached hydrogen (secondary N) is 3. The number of morpholine rings is 1. The van der Waals surface area contributed by atoms with Crippen molar-refractivity contribution < 1.29 is 9.53 Å². The van der Waals surface area contributed by atoms with E-state index in [2.05, 4.69) is 30.7 Å². The number of H-pyrrole nitrogens is 1. The van der Waals surface area contributed by atoms with Crippen LogP contribution in [0.25, 0.3) is 5.65 Å². The average molecular weight is 465 g/mol. The molecule has 10 nitrogen and oxygen atoms in total. The van der Waals surface area contributed by atoms with Crippen LogP contribution in [0.2, 0.25) is 0 Å². The number of hydrogen-bond acceptors (Lipinski definition) is 8. The fraction of sp³-hybridized carbons (Fsp3) is 0.273. The first-order valence-corrected chi connectivity index (χ1v) is 11.4. The van der Waals surface area contributed by atoms with Gasteiger partial charge in [-0.15, -0.1) is 0 Å². The maximum Gasteiger partial charge on any atom is 0.238 e. The van der Waals surface area contributed by atoms with Gasteiger partial charge in [0.1, 0.15) is 10.7 Å². The second kappa shape index (κ2) is 9.61. The number of fused-ring (bicyclic) bond motifs is 1. The molecule has 4 aromatic rings. The summed E-state index contributed by atoms with van der Waals surface area (Å²) in [4.78, 5) is 24.6. The first kappa shape index (κ1) is 21.4. The summed E-state index contributed by atoms with van der Waals surface area (Å²) in [5, 5.41) is 14.1. The smallest absolute Gasteiger partial charge is 0.238 e. The van der Waals surface area contributed by atoms with Crippen molar-refractivity contribution in [2.24, 2.45) is 0 Å². The van der Waals surface area contributed by atoms with Crippen molar-refractivity contribution in [2.45, 2.75) is 16.8 Å². The number of imidazole rings is 1. The topological polar surface area (TPSA) is 112 Å². The molecule has 1 amide bonds. The standard InChI is InChI=1S/C22H24N8O2S/c1-15-12-18(28-27-15)25-22-26-21(13-19-23-6-7-30(19)22)33-17-4-2-16(3-5-17)24-20(31)14-29-8-10-32-11-9-29/h2-7,12-13H,8-11,14H2,1H3,(H,24,31)(H2,25,26,27,28). The third-order valence-electron chi connectivity index (χ3n) is 5.14. The van der Waals surface area contributed by atoms with E-state index in [4.69, 9.17) is 9.72 Å². The third-order valence-corrected chi connectivity index (χ3v) is 6.07. The Morgan fingerprint density at radius 3 is 2.79 bits per heavy atom. The van der Waals surface area contributed by atoms with Gasteiger partial charge in [-0.1, -0.05) is 11.8 Å². The molecule has 0 radical (unpaired) electrons. The Bertz CT molecular complexity index is 1250. The van der Waals surface area contributed by atoms with Crippen molar-refractivity contribution >= 4 is 40.8 Å². The zero-order chi connectivity index (χ0) is 22.6. The van der Waals surface area contributed by atoms with Gasteiger partial charge in [0.05, 0.1) is 19.8 Å². The van der Waals surface area contributed by atoms with Crippen LogP contribution in [0.4, 0.5) is 17.5 Å². The van der Waals surface area contributed by atoms with Crippen LogP contribution in [0.3, 0.4) is 0 Å². The van der Waals surface area contributed by atoms with Gasteiger partial charge in [0, 0.05) is 53.9 Å². The number of aromatic amines is 1. The van der Waals surface area contributed by atoms with Crippen LogP contribution in [0.5, 0.6) is 0 Å². The van der Waals surface area contributed by atoms with Crippen LogP contribution in [0.1, 0.15) is 5.69 Å². The van der Waals surface area contributed by atoms with E-state index in [0.717, 1.165) is 40.0 Å². The number of carbonyl (C=O) groups is 1. The van der Waals surface area contributed by atoms with Crippen molar-refractivity contribution in [3.05, 3.63) is 54.5 Å². The van der Waals surface area contributed by atoms with Gasteiger partial charge < -0.3 is 15.4 Å². The van der Waals surface area contributed by atoms with Crippen LogP contribution in [-0.4, -0.2) is 68.2 Å². The number of aromatic nitrogens is 5. The van der Waals surface area contributed by atoms with Crippen molar-refractivity contribution in [1.29, 1.82) is 0 Å². The lowest BCUT2D eigenvalue weighted by Gasteiger charge is -2.25. The first-order chi connectivity index (χ1) is 16.1. The highest BCUT2D eigenvalue weighted by molar-refractivity contribution is 7.99. The van der Waals surface area contributed by atoms with Crippen LogP contribution >= 0.6 is 11.8 Å². The molecule has 33 heavy (non-hydrogen) atoms. The summed E-state index contributed by atoms with van der Waals surface area (Å²) in [6.45, 7) is 5.24. The van der Waals surface area contributed by atoms with Gasteiger partial charge in [0.15, 0.2) is 5.82 Å². The van der Waals surface area contributed by atoms with E-state index in [1.54, 1.807) is 6.20 Å². The van der Waals surface area contributed by atoms with Gasteiger partial charge in [-0.05, 0) is 31.2 Å². The van der Waals surface area contributed by atoms with Gasteiger partial charge >= 0.3 is 0 Å². The molecule has 11 heteroatoms. The summed E-state index contributed by atoms with van der Waals surface area (Å²) < 4.78 is 7.20. The lowest BCUT2D eigenvalue weighted by Crippen LogP contribution is -2.41. The minimum atomic E-state index is -0.0203. The molecule has 3 aromatic heterocycles. The number of nitrogens with zero attached hydrogens (tertiary/aromatic N) is 5. The normalized spacial score (nSPS) is 14.5. The lowest BCUT2D eigenvalue weighted by molar-refractivity contribution is -0.118. The minimum absolute atomic E-state index is 0.0203. The number of anilines is 3. The SMILES string of the molecule is Cc1cc(Nc2nc(Sc3ccc(NC(=O)CN4CCOCC4)cc3)cc3nccn23)n[nH]1. The summed E-state index contributed by atoms with van der Waals surface area (Å²) in [6, 6.07) is 11.6. The number of benzene rings is 1. The Morgan fingerprint density at radius 1 is 1.21 bits per heavy atom. The van der Waals surface area contributed by atoms with Crippen LogP contribution in [-0.2, 0) is 9.53 Å². The molecule has 1 saturated heterocycles. The van der Waals surface area contributed by atoms with E-state index in [-0.39, 0.29) is 5.91 Å². The molecule has 0 aliphatic carbocycles.